The van der Waals surface area contributed by atoms with Gasteiger partial charge in [-0.05, 0) is 37.6 Å². The third kappa shape index (κ3) is 3.12. The van der Waals surface area contributed by atoms with Crippen molar-refractivity contribution in [1.82, 2.24) is 4.57 Å². The number of hydrogen-bond donors (Lipinski definition) is 1. The first-order valence-corrected chi connectivity index (χ1v) is 9.16. The largest absolute Gasteiger partial charge is 0.492 e. The van der Waals surface area contributed by atoms with Gasteiger partial charge in [-0.25, -0.2) is 13.2 Å². The molecule has 0 saturated heterocycles. The predicted octanol–water partition coefficient (Wildman–Crippen LogP) is 2.64. The van der Waals surface area contributed by atoms with Crippen LogP contribution in [0.2, 0.25) is 0 Å². The van der Waals surface area contributed by atoms with Crippen molar-refractivity contribution in [2.45, 2.75) is 18.7 Å². The van der Waals surface area contributed by atoms with Crippen LogP contribution in [0.4, 0.5) is 5.69 Å². The summed E-state index contributed by atoms with van der Waals surface area (Å²) in [6, 6.07) is 9.76. The molecule has 0 fully saturated rings. The van der Waals surface area contributed by atoms with E-state index in [9.17, 15) is 13.2 Å². The van der Waals surface area contributed by atoms with Gasteiger partial charge in [0, 0.05) is 13.1 Å². The number of fused-ring (bicyclic) bond motifs is 1. The minimum Gasteiger partial charge on any atom is -0.492 e. The molecule has 3 rings (SSSR count). The first kappa shape index (κ1) is 17.1. The van der Waals surface area contributed by atoms with Gasteiger partial charge in [-0.2, -0.15) is 0 Å². The number of hydrogen-bond acceptors (Lipinski definition) is 5. The lowest BCUT2D eigenvalue weighted by molar-refractivity contribution is 0.342. The van der Waals surface area contributed by atoms with E-state index in [1.807, 2.05) is 6.92 Å². The molecule has 1 heterocycles. The summed E-state index contributed by atoms with van der Waals surface area (Å²) in [7, 11) is -2.31. The van der Waals surface area contributed by atoms with Crippen LogP contribution in [0.5, 0.6) is 5.75 Å². The van der Waals surface area contributed by atoms with Crippen LogP contribution in [0.1, 0.15) is 12.5 Å². The zero-order valence-corrected chi connectivity index (χ0v) is 14.9. The lowest BCUT2D eigenvalue weighted by Crippen LogP contribution is -2.15. The van der Waals surface area contributed by atoms with Crippen molar-refractivity contribution in [3.05, 3.63) is 52.5 Å². The number of aryl methyl sites for hydroxylation is 2. The lowest BCUT2D eigenvalue weighted by Gasteiger charge is -2.14. The van der Waals surface area contributed by atoms with E-state index in [4.69, 9.17) is 9.15 Å². The second-order valence-corrected chi connectivity index (χ2v) is 7.20. The van der Waals surface area contributed by atoms with Gasteiger partial charge in [0.25, 0.3) is 10.0 Å². The molecule has 1 N–H and O–H groups in total. The summed E-state index contributed by atoms with van der Waals surface area (Å²) in [6.45, 7) is 3.90. The van der Waals surface area contributed by atoms with Crippen molar-refractivity contribution in [3.8, 4) is 5.75 Å². The highest BCUT2D eigenvalue weighted by Gasteiger charge is 2.21. The van der Waals surface area contributed by atoms with Crippen LogP contribution < -0.4 is 15.2 Å². The summed E-state index contributed by atoms with van der Waals surface area (Å²) >= 11 is 0. The van der Waals surface area contributed by atoms with Gasteiger partial charge in [-0.1, -0.05) is 12.1 Å². The molecule has 25 heavy (non-hydrogen) atoms. The highest BCUT2D eigenvalue weighted by atomic mass is 32.2. The van der Waals surface area contributed by atoms with Crippen molar-refractivity contribution in [1.29, 1.82) is 0 Å². The van der Waals surface area contributed by atoms with Gasteiger partial charge in [0.2, 0.25) is 0 Å². The Labute approximate surface area is 144 Å². The number of oxazole rings is 1. The average Bonchev–Trinajstić information content (AvgIpc) is 2.83. The van der Waals surface area contributed by atoms with Gasteiger partial charge in [-0.3, -0.25) is 9.29 Å². The molecule has 8 heteroatoms. The maximum absolute atomic E-state index is 12.8. The zero-order chi connectivity index (χ0) is 18.2. The van der Waals surface area contributed by atoms with Gasteiger partial charge in [-0.15, -0.1) is 0 Å². The molecule has 0 aliphatic rings. The fourth-order valence-electron chi connectivity index (χ4n) is 2.58. The number of ether oxygens (including phenoxy) is 1. The van der Waals surface area contributed by atoms with Crippen LogP contribution >= 0.6 is 0 Å². The molecular weight excluding hydrogens is 344 g/mol. The van der Waals surface area contributed by atoms with E-state index in [2.05, 4.69) is 4.72 Å². The predicted molar refractivity (Wildman–Crippen MR) is 94.6 cm³/mol. The monoisotopic (exact) mass is 362 g/mol. The molecule has 0 spiro atoms. The Hall–Kier alpha value is -2.74. The molecule has 0 atom stereocenters. The molecule has 0 unspecified atom stereocenters. The number of aromatic nitrogens is 1. The van der Waals surface area contributed by atoms with Crippen LogP contribution in [-0.4, -0.2) is 19.6 Å². The van der Waals surface area contributed by atoms with Crippen molar-refractivity contribution >= 4 is 26.8 Å². The normalized spacial score (nSPS) is 11.6. The van der Waals surface area contributed by atoms with Gasteiger partial charge >= 0.3 is 5.76 Å². The smallest absolute Gasteiger partial charge is 0.419 e. The van der Waals surface area contributed by atoms with E-state index in [1.165, 1.54) is 10.6 Å². The second kappa shape index (κ2) is 6.29. The molecule has 3 aromatic rings. The Morgan fingerprint density at radius 3 is 2.68 bits per heavy atom. The molecule has 0 bridgehead atoms. The number of benzene rings is 2. The van der Waals surface area contributed by atoms with Crippen LogP contribution in [-0.2, 0) is 17.1 Å². The number of rotatable bonds is 5. The molecule has 132 valence electrons. The van der Waals surface area contributed by atoms with E-state index in [-0.39, 0.29) is 10.5 Å². The molecule has 2 aromatic carbocycles. The van der Waals surface area contributed by atoms with E-state index < -0.39 is 15.8 Å². The molecule has 0 saturated carbocycles. The summed E-state index contributed by atoms with van der Waals surface area (Å²) in [5.74, 6) is -0.0999. The van der Waals surface area contributed by atoms with Gasteiger partial charge in [0.1, 0.15) is 5.75 Å². The van der Waals surface area contributed by atoms with Crippen molar-refractivity contribution in [2.75, 3.05) is 11.3 Å². The van der Waals surface area contributed by atoms with Crippen LogP contribution in [0.25, 0.3) is 11.1 Å². The van der Waals surface area contributed by atoms with E-state index in [1.54, 1.807) is 44.3 Å². The van der Waals surface area contributed by atoms with E-state index in [0.717, 1.165) is 0 Å². The van der Waals surface area contributed by atoms with Crippen molar-refractivity contribution in [3.63, 3.8) is 0 Å². The summed E-state index contributed by atoms with van der Waals surface area (Å²) in [6.07, 6.45) is 0. The molecule has 7 nitrogen and oxygen atoms in total. The standard InChI is InChI=1S/C17H18N2O5S/c1-4-23-14-8-6-5-7-12(14)18-25(21,22)16-10-15-13(9-11(16)2)19(3)17(20)24-15/h5-10,18H,4H2,1-3H3. The SMILES string of the molecule is CCOc1ccccc1NS(=O)(=O)c1cc2oc(=O)n(C)c2cc1C. The third-order valence-electron chi connectivity index (χ3n) is 3.81. The highest BCUT2D eigenvalue weighted by Crippen LogP contribution is 2.29. The third-order valence-corrected chi connectivity index (χ3v) is 5.32. The Bertz CT molecular complexity index is 1100. The van der Waals surface area contributed by atoms with E-state index >= 15 is 0 Å². The van der Waals surface area contributed by atoms with Crippen LogP contribution in [0, 0.1) is 6.92 Å². The van der Waals surface area contributed by atoms with Gasteiger partial charge in [0.05, 0.1) is 22.7 Å². The molecule has 0 aliphatic carbocycles. The minimum absolute atomic E-state index is 0.0423. The number of anilines is 1. The van der Waals surface area contributed by atoms with E-state index in [0.29, 0.717) is 29.1 Å². The quantitative estimate of drug-likeness (QED) is 0.753. The average molecular weight is 362 g/mol. The molecule has 0 amide bonds. The van der Waals surface area contributed by atoms with Gasteiger partial charge < -0.3 is 9.15 Å². The number of sulfonamides is 1. The maximum Gasteiger partial charge on any atom is 0.419 e. The Morgan fingerprint density at radius 2 is 1.96 bits per heavy atom. The van der Waals surface area contributed by atoms with Crippen LogP contribution in [0.15, 0.2) is 50.5 Å². The highest BCUT2D eigenvalue weighted by molar-refractivity contribution is 7.92. The van der Waals surface area contributed by atoms with Gasteiger partial charge in [0.15, 0.2) is 5.58 Å². The molecule has 0 radical (unpaired) electrons. The maximum atomic E-state index is 12.8. The Morgan fingerprint density at radius 1 is 1.24 bits per heavy atom. The van der Waals surface area contributed by atoms with Crippen molar-refractivity contribution in [2.24, 2.45) is 7.05 Å². The summed E-state index contributed by atoms with van der Waals surface area (Å²) in [5.41, 5.74) is 1.61. The summed E-state index contributed by atoms with van der Waals surface area (Å²) in [4.78, 5) is 11.7. The first-order valence-electron chi connectivity index (χ1n) is 7.68. The minimum atomic E-state index is -3.88. The lowest BCUT2D eigenvalue weighted by atomic mass is 10.2. The molecule has 0 aliphatic heterocycles. The second-order valence-electron chi connectivity index (χ2n) is 5.55. The molecule has 1 aromatic heterocycles. The Kier molecular flexibility index (Phi) is 4.30. The summed E-state index contributed by atoms with van der Waals surface area (Å²) < 4.78 is 40.0. The van der Waals surface area contributed by atoms with Crippen molar-refractivity contribution < 1.29 is 17.6 Å². The first-order chi connectivity index (χ1) is 11.8. The number of nitrogens with one attached hydrogen (secondary N) is 1. The fourth-order valence-corrected chi connectivity index (χ4v) is 3.89. The Balaban J connectivity index is 2.07. The fraction of sp³-hybridized carbons (Fsp3) is 0.235. The number of para-hydroxylation sites is 2. The number of nitrogens with zero attached hydrogens (tertiary/aromatic N) is 1. The molecular formula is C17H18N2O5S. The zero-order valence-electron chi connectivity index (χ0n) is 14.1. The van der Waals surface area contributed by atoms with Crippen LogP contribution in [0.3, 0.4) is 0 Å². The topological polar surface area (TPSA) is 90.5 Å². The summed E-state index contributed by atoms with van der Waals surface area (Å²) in [5, 5.41) is 0.